The van der Waals surface area contributed by atoms with E-state index in [-0.39, 0.29) is 6.04 Å². The van der Waals surface area contributed by atoms with Gasteiger partial charge in [-0.2, -0.15) is 0 Å². The van der Waals surface area contributed by atoms with Crippen molar-refractivity contribution < 1.29 is 0 Å². The Kier molecular flexibility index (Phi) is 3.92. The van der Waals surface area contributed by atoms with Crippen molar-refractivity contribution in [3.63, 3.8) is 0 Å². The molecule has 0 spiro atoms. The molecule has 0 saturated carbocycles. The van der Waals surface area contributed by atoms with Gasteiger partial charge in [-0.05, 0) is 37.5 Å². The molecule has 0 unspecified atom stereocenters. The Hall–Kier alpha value is -2.47. The Labute approximate surface area is 150 Å². The van der Waals surface area contributed by atoms with Crippen molar-refractivity contribution in [2.45, 2.75) is 33.7 Å². The summed E-state index contributed by atoms with van der Waals surface area (Å²) in [5, 5.41) is 4.73. The summed E-state index contributed by atoms with van der Waals surface area (Å²) in [6.07, 6.45) is 1.63. The fourth-order valence-corrected chi connectivity index (χ4v) is 4.11. The molecule has 4 rings (SSSR count). The van der Waals surface area contributed by atoms with E-state index in [1.54, 1.807) is 17.7 Å². The van der Waals surface area contributed by atoms with Crippen LogP contribution in [0.4, 0.5) is 5.82 Å². The van der Waals surface area contributed by atoms with Crippen LogP contribution in [0.1, 0.15) is 36.2 Å². The Morgan fingerprint density at radius 3 is 2.68 bits per heavy atom. The summed E-state index contributed by atoms with van der Waals surface area (Å²) in [7, 11) is 0. The lowest BCUT2D eigenvalue weighted by atomic mass is 10.0. The lowest BCUT2D eigenvalue weighted by Crippen LogP contribution is -2.19. The van der Waals surface area contributed by atoms with E-state index in [4.69, 9.17) is 4.98 Å². The first-order chi connectivity index (χ1) is 12.0. The minimum absolute atomic E-state index is 0.0464. The van der Waals surface area contributed by atoms with E-state index in [0.717, 1.165) is 32.9 Å². The van der Waals surface area contributed by atoms with Crippen LogP contribution in [0, 0.1) is 19.8 Å². The number of H-pyrrole nitrogens is 1. The molecule has 25 heavy (non-hydrogen) atoms. The monoisotopic (exact) mass is 351 g/mol. The van der Waals surface area contributed by atoms with E-state index < -0.39 is 0 Å². The molecule has 0 aliphatic heterocycles. The van der Waals surface area contributed by atoms with E-state index in [2.05, 4.69) is 54.0 Å². The summed E-state index contributed by atoms with van der Waals surface area (Å²) in [4.78, 5) is 19.5. The summed E-state index contributed by atoms with van der Waals surface area (Å²) in [5.74, 6) is 2.17. The smallest absolute Gasteiger partial charge is 0.139 e. The highest BCUT2D eigenvalue weighted by Crippen LogP contribution is 2.35. The number of fused-ring (bicyclic) bond motifs is 2. The zero-order valence-corrected chi connectivity index (χ0v) is 15.6. The number of nitrogens with zero attached hydrogens (tertiary/aromatic N) is 3. The number of aromatic nitrogens is 4. The number of hydrogen-bond acceptors (Lipinski definition) is 5. The zero-order chi connectivity index (χ0) is 17.6. The Balaban J connectivity index is 1.78. The van der Waals surface area contributed by atoms with Gasteiger partial charge in [0.25, 0.3) is 0 Å². The number of aryl methyl sites for hydroxylation is 2. The minimum atomic E-state index is 0.0464. The first-order valence-electron chi connectivity index (χ1n) is 8.46. The summed E-state index contributed by atoms with van der Waals surface area (Å²) in [6.45, 7) is 8.64. The van der Waals surface area contributed by atoms with Crippen LogP contribution in [0.5, 0.6) is 0 Å². The summed E-state index contributed by atoms with van der Waals surface area (Å²) in [6, 6.07) is 8.16. The van der Waals surface area contributed by atoms with Crippen LogP contribution in [0.25, 0.3) is 21.3 Å². The van der Waals surface area contributed by atoms with E-state index in [1.165, 1.54) is 10.4 Å². The number of thiophene rings is 1. The van der Waals surface area contributed by atoms with Crippen LogP contribution in [0.2, 0.25) is 0 Å². The molecule has 0 saturated heterocycles. The SMILES string of the molecule is Cc1sc2ncnc(N[C@H](c3nc4ccccc4[nH]3)C(C)C)c2c1C. The van der Waals surface area contributed by atoms with Crippen molar-refractivity contribution >= 4 is 38.4 Å². The van der Waals surface area contributed by atoms with Gasteiger partial charge in [0, 0.05) is 4.88 Å². The number of para-hydroxylation sites is 2. The highest BCUT2D eigenvalue weighted by molar-refractivity contribution is 7.18. The number of hydrogen-bond donors (Lipinski definition) is 2. The molecule has 0 amide bonds. The predicted molar refractivity (Wildman–Crippen MR) is 104 cm³/mol. The number of benzene rings is 1. The lowest BCUT2D eigenvalue weighted by molar-refractivity contribution is 0.525. The van der Waals surface area contributed by atoms with Gasteiger partial charge in [-0.25, -0.2) is 15.0 Å². The molecule has 0 aliphatic rings. The molecule has 128 valence electrons. The molecular weight excluding hydrogens is 330 g/mol. The molecule has 0 bridgehead atoms. The summed E-state index contributed by atoms with van der Waals surface area (Å²) < 4.78 is 0. The van der Waals surface area contributed by atoms with Crippen LogP contribution in [0.3, 0.4) is 0 Å². The number of nitrogens with one attached hydrogen (secondary N) is 2. The number of aromatic amines is 1. The second-order valence-electron chi connectivity index (χ2n) is 6.69. The molecule has 3 heterocycles. The fraction of sp³-hybridized carbons (Fsp3) is 0.316. The standard InChI is InChI=1S/C19H21N5S/c1-10(2)16(18-22-13-7-5-6-8-14(13)23-18)24-17-15-11(3)12(4)25-19(15)21-9-20-17/h5-10,16H,1-4H3,(H,22,23)(H,20,21,24)/t16-/m0/s1. The second-order valence-corrected chi connectivity index (χ2v) is 7.89. The average molecular weight is 351 g/mol. The average Bonchev–Trinajstić information content (AvgIpc) is 3.14. The van der Waals surface area contributed by atoms with Crippen molar-refractivity contribution in [2.75, 3.05) is 5.32 Å². The maximum atomic E-state index is 4.78. The van der Waals surface area contributed by atoms with E-state index in [0.29, 0.717) is 5.92 Å². The highest BCUT2D eigenvalue weighted by Gasteiger charge is 2.22. The van der Waals surface area contributed by atoms with E-state index in [9.17, 15) is 0 Å². The Bertz CT molecular complexity index is 1010. The van der Waals surface area contributed by atoms with Gasteiger partial charge in [-0.3, -0.25) is 0 Å². The van der Waals surface area contributed by atoms with Gasteiger partial charge in [-0.15, -0.1) is 11.3 Å². The molecule has 0 aliphatic carbocycles. The normalized spacial score (nSPS) is 13.0. The molecule has 0 fully saturated rings. The summed E-state index contributed by atoms with van der Waals surface area (Å²) >= 11 is 1.71. The van der Waals surface area contributed by atoms with Crippen LogP contribution < -0.4 is 5.32 Å². The molecule has 6 heteroatoms. The van der Waals surface area contributed by atoms with E-state index >= 15 is 0 Å². The molecule has 1 atom stereocenters. The minimum Gasteiger partial charge on any atom is -0.359 e. The van der Waals surface area contributed by atoms with Gasteiger partial charge in [0.05, 0.1) is 22.5 Å². The van der Waals surface area contributed by atoms with Crippen molar-refractivity contribution in [3.05, 3.63) is 46.9 Å². The first kappa shape index (κ1) is 16.0. The van der Waals surface area contributed by atoms with Crippen LogP contribution in [-0.4, -0.2) is 19.9 Å². The third-order valence-corrected chi connectivity index (χ3v) is 5.74. The topological polar surface area (TPSA) is 66.5 Å². The Morgan fingerprint density at radius 1 is 1.12 bits per heavy atom. The predicted octanol–water partition coefficient (Wildman–Crippen LogP) is 4.99. The molecule has 2 N–H and O–H groups in total. The van der Waals surface area contributed by atoms with Gasteiger partial charge in [0.2, 0.25) is 0 Å². The van der Waals surface area contributed by atoms with Crippen LogP contribution >= 0.6 is 11.3 Å². The maximum Gasteiger partial charge on any atom is 0.139 e. The Morgan fingerprint density at radius 2 is 1.92 bits per heavy atom. The summed E-state index contributed by atoms with van der Waals surface area (Å²) in [5.41, 5.74) is 3.29. The van der Waals surface area contributed by atoms with Crippen molar-refractivity contribution in [1.82, 2.24) is 19.9 Å². The quantitative estimate of drug-likeness (QED) is 0.543. The number of rotatable bonds is 4. The van der Waals surface area contributed by atoms with Gasteiger partial charge < -0.3 is 10.3 Å². The van der Waals surface area contributed by atoms with Crippen molar-refractivity contribution in [1.29, 1.82) is 0 Å². The second kappa shape index (κ2) is 6.11. The number of anilines is 1. The molecular formula is C19H21N5S. The molecule has 4 aromatic rings. The zero-order valence-electron chi connectivity index (χ0n) is 14.8. The maximum absolute atomic E-state index is 4.78. The third-order valence-electron chi connectivity index (χ3n) is 4.63. The van der Waals surface area contributed by atoms with Gasteiger partial charge in [0.15, 0.2) is 0 Å². The van der Waals surface area contributed by atoms with Gasteiger partial charge >= 0.3 is 0 Å². The molecule has 5 nitrogen and oxygen atoms in total. The van der Waals surface area contributed by atoms with Crippen molar-refractivity contribution in [3.8, 4) is 0 Å². The number of imidazole rings is 1. The van der Waals surface area contributed by atoms with Crippen LogP contribution in [0.15, 0.2) is 30.6 Å². The first-order valence-corrected chi connectivity index (χ1v) is 9.28. The van der Waals surface area contributed by atoms with Crippen molar-refractivity contribution in [2.24, 2.45) is 5.92 Å². The molecule has 3 aromatic heterocycles. The van der Waals surface area contributed by atoms with Gasteiger partial charge in [-0.1, -0.05) is 26.0 Å². The van der Waals surface area contributed by atoms with E-state index in [1.807, 2.05) is 18.2 Å². The fourth-order valence-electron chi connectivity index (χ4n) is 3.11. The lowest BCUT2D eigenvalue weighted by Gasteiger charge is -2.21. The van der Waals surface area contributed by atoms with Gasteiger partial charge in [0.1, 0.15) is 22.8 Å². The largest absolute Gasteiger partial charge is 0.359 e. The third kappa shape index (κ3) is 2.76. The highest BCUT2D eigenvalue weighted by atomic mass is 32.1. The molecule has 1 aromatic carbocycles. The molecule has 0 radical (unpaired) electrons. The van der Waals surface area contributed by atoms with Crippen LogP contribution in [-0.2, 0) is 0 Å².